The van der Waals surface area contributed by atoms with Gasteiger partial charge < -0.3 is 9.47 Å². The van der Waals surface area contributed by atoms with Crippen LogP contribution in [-0.2, 0) is 14.3 Å². The molecular weight excluding hydrogens is 201 g/mol. The lowest BCUT2D eigenvalue weighted by Gasteiger charge is -2.21. The zero-order valence-electron chi connectivity index (χ0n) is 7.47. The molecular formula is C8H11F3O3. The summed E-state index contributed by atoms with van der Waals surface area (Å²) in [6.45, 7) is 0.724. The van der Waals surface area contributed by atoms with E-state index < -0.39 is 30.9 Å². The molecule has 1 aliphatic heterocycles. The Balaban J connectivity index is 2.27. The van der Waals surface area contributed by atoms with Gasteiger partial charge >= 0.3 is 6.18 Å². The molecule has 1 rings (SSSR count). The molecule has 0 bridgehead atoms. The van der Waals surface area contributed by atoms with Crippen molar-refractivity contribution >= 4 is 5.78 Å². The summed E-state index contributed by atoms with van der Waals surface area (Å²) in [5, 5.41) is 0. The molecule has 1 fully saturated rings. The van der Waals surface area contributed by atoms with Gasteiger partial charge in [0.25, 0.3) is 0 Å². The predicted octanol–water partition coefficient (Wildman–Crippen LogP) is 1.31. The Morgan fingerprint density at radius 3 is 2.57 bits per heavy atom. The lowest BCUT2D eigenvalue weighted by Crippen LogP contribution is -2.35. The van der Waals surface area contributed by atoms with E-state index in [1.807, 2.05) is 0 Å². The zero-order valence-corrected chi connectivity index (χ0v) is 7.47. The van der Waals surface area contributed by atoms with Crippen LogP contribution < -0.4 is 0 Å². The topological polar surface area (TPSA) is 35.5 Å². The van der Waals surface area contributed by atoms with Gasteiger partial charge in [-0.2, -0.15) is 13.2 Å². The van der Waals surface area contributed by atoms with E-state index in [4.69, 9.17) is 9.47 Å². The van der Waals surface area contributed by atoms with Gasteiger partial charge in [0.15, 0.2) is 5.78 Å². The first kappa shape index (κ1) is 11.5. The van der Waals surface area contributed by atoms with Crippen LogP contribution in [0, 0.1) is 0 Å². The Kier molecular flexibility index (Phi) is 3.88. The molecule has 6 heteroatoms. The molecule has 1 atom stereocenters. The maximum atomic E-state index is 11.8. The Labute approximate surface area is 79.2 Å². The van der Waals surface area contributed by atoms with Crippen molar-refractivity contribution in [3.63, 3.8) is 0 Å². The molecule has 0 saturated carbocycles. The fraction of sp³-hybridized carbons (Fsp3) is 0.875. The average Bonchev–Trinajstić information content (AvgIpc) is 2.14. The largest absolute Gasteiger partial charge is 0.389 e. The summed E-state index contributed by atoms with van der Waals surface area (Å²) in [6.07, 6.45) is -6.72. The summed E-state index contributed by atoms with van der Waals surface area (Å²) >= 11 is 0. The minimum atomic E-state index is -4.29. The number of carbonyl (C=O) groups excluding carboxylic acids is 1. The smallest absolute Gasteiger partial charge is 0.376 e. The van der Waals surface area contributed by atoms with Crippen LogP contribution in [0.1, 0.15) is 12.8 Å². The molecule has 0 aromatic rings. The van der Waals surface area contributed by atoms with Crippen molar-refractivity contribution in [1.82, 2.24) is 0 Å². The number of ether oxygens (including phenoxy) is 2. The molecule has 1 unspecified atom stereocenters. The van der Waals surface area contributed by atoms with E-state index in [-0.39, 0.29) is 13.2 Å². The summed E-state index contributed by atoms with van der Waals surface area (Å²) in [4.78, 5) is 11.1. The number of hydrogen-bond acceptors (Lipinski definition) is 3. The second-order valence-electron chi connectivity index (χ2n) is 3.02. The zero-order chi connectivity index (χ0) is 10.6. The number of alkyl halides is 3. The fourth-order valence-corrected chi connectivity index (χ4v) is 1.10. The molecule has 0 aromatic carbocycles. The van der Waals surface area contributed by atoms with Gasteiger partial charge in [-0.15, -0.1) is 0 Å². The third-order valence-corrected chi connectivity index (χ3v) is 1.83. The molecule has 0 amide bonds. The Hall–Kier alpha value is -0.620. The van der Waals surface area contributed by atoms with Gasteiger partial charge in [0.2, 0.25) is 0 Å². The average molecular weight is 212 g/mol. The predicted molar refractivity (Wildman–Crippen MR) is 40.9 cm³/mol. The van der Waals surface area contributed by atoms with Crippen molar-refractivity contribution in [2.24, 2.45) is 0 Å². The highest BCUT2D eigenvalue weighted by Crippen LogP contribution is 2.22. The minimum absolute atomic E-state index is 0.0662. The van der Waals surface area contributed by atoms with Crippen molar-refractivity contribution in [2.45, 2.75) is 25.1 Å². The Bertz CT molecular complexity index is 196. The summed E-state index contributed by atoms with van der Waals surface area (Å²) in [6, 6.07) is 0. The minimum Gasteiger partial charge on any atom is -0.376 e. The van der Waals surface area contributed by atoms with Crippen LogP contribution in [0.3, 0.4) is 0 Å². The van der Waals surface area contributed by atoms with Crippen LogP contribution in [0.15, 0.2) is 0 Å². The molecule has 0 aliphatic carbocycles. The van der Waals surface area contributed by atoms with Gasteiger partial charge in [-0.1, -0.05) is 0 Å². The highest BCUT2D eigenvalue weighted by atomic mass is 19.4. The summed E-state index contributed by atoms with van der Waals surface area (Å²) in [5.74, 6) is -0.540. The van der Waals surface area contributed by atoms with Crippen LogP contribution in [0.2, 0.25) is 0 Å². The number of carbonyl (C=O) groups is 1. The third kappa shape index (κ3) is 4.06. The summed E-state index contributed by atoms with van der Waals surface area (Å²) < 4.78 is 45.1. The van der Waals surface area contributed by atoms with E-state index in [2.05, 4.69) is 0 Å². The quantitative estimate of drug-likeness (QED) is 0.707. The first-order valence-corrected chi connectivity index (χ1v) is 4.28. The van der Waals surface area contributed by atoms with Gasteiger partial charge in [-0.3, -0.25) is 4.79 Å². The lowest BCUT2D eigenvalue weighted by atomic mass is 10.1. The molecule has 0 radical (unpaired) electrons. The van der Waals surface area contributed by atoms with Gasteiger partial charge in [-0.05, 0) is 0 Å². The van der Waals surface area contributed by atoms with E-state index in [0.29, 0.717) is 6.61 Å². The molecule has 82 valence electrons. The van der Waals surface area contributed by atoms with E-state index in [1.54, 1.807) is 0 Å². The molecule has 3 nitrogen and oxygen atoms in total. The van der Waals surface area contributed by atoms with E-state index in [0.717, 1.165) is 0 Å². The van der Waals surface area contributed by atoms with Crippen LogP contribution in [0.25, 0.3) is 0 Å². The summed E-state index contributed by atoms with van der Waals surface area (Å²) in [7, 11) is 0. The maximum Gasteiger partial charge on any atom is 0.389 e. The second kappa shape index (κ2) is 4.75. The number of ketones is 1. The first-order chi connectivity index (χ1) is 6.49. The van der Waals surface area contributed by atoms with E-state index >= 15 is 0 Å². The van der Waals surface area contributed by atoms with Gasteiger partial charge in [0.05, 0.1) is 26.2 Å². The molecule has 0 N–H and O–H groups in total. The molecule has 1 saturated heterocycles. The standard InChI is InChI=1S/C8H11F3O3/c9-8(10,11)2-1-6(12)7-5-13-3-4-14-7/h7H,1-5H2. The van der Waals surface area contributed by atoms with Crippen molar-refractivity contribution in [2.75, 3.05) is 19.8 Å². The number of Topliss-reactive ketones (excluding diaryl/α,β-unsaturated/α-hetero) is 1. The fourth-order valence-electron chi connectivity index (χ4n) is 1.10. The molecule has 1 heterocycles. The maximum absolute atomic E-state index is 11.8. The Morgan fingerprint density at radius 1 is 1.36 bits per heavy atom. The lowest BCUT2D eigenvalue weighted by molar-refractivity contribution is -0.156. The number of halogens is 3. The van der Waals surface area contributed by atoms with Crippen molar-refractivity contribution in [1.29, 1.82) is 0 Å². The summed E-state index contributed by atoms with van der Waals surface area (Å²) in [5.41, 5.74) is 0. The molecule has 0 spiro atoms. The Morgan fingerprint density at radius 2 is 2.07 bits per heavy atom. The van der Waals surface area contributed by atoms with Crippen LogP contribution >= 0.6 is 0 Å². The second-order valence-corrected chi connectivity index (χ2v) is 3.02. The number of rotatable bonds is 3. The third-order valence-electron chi connectivity index (χ3n) is 1.83. The SMILES string of the molecule is O=C(CCC(F)(F)F)C1COCCO1. The molecule has 0 aromatic heterocycles. The van der Waals surface area contributed by atoms with Crippen molar-refractivity contribution < 1.29 is 27.4 Å². The molecule has 1 aliphatic rings. The van der Waals surface area contributed by atoms with Crippen LogP contribution in [0.5, 0.6) is 0 Å². The molecule has 14 heavy (non-hydrogen) atoms. The van der Waals surface area contributed by atoms with Crippen molar-refractivity contribution in [3.05, 3.63) is 0 Å². The number of hydrogen-bond donors (Lipinski definition) is 0. The highest BCUT2D eigenvalue weighted by molar-refractivity contribution is 5.83. The van der Waals surface area contributed by atoms with Gasteiger partial charge in [0, 0.05) is 6.42 Å². The van der Waals surface area contributed by atoms with E-state index in [9.17, 15) is 18.0 Å². The monoisotopic (exact) mass is 212 g/mol. The van der Waals surface area contributed by atoms with Crippen molar-refractivity contribution in [3.8, 4) is 0 Å². The normalized spacial score (nSPS) is 23.5. The first-order valence-electron chi connectivity index (χ1n) is 4.28. The van der Waals surface area contributed by atoms with Gasteiger partial charge in [-0.25, -0.2) is 0 Å². The van der Waals surface area contributed by atoms with Crippen LogP contribution in [-0.4, -0.2) is 37.9 Å². The van der Waals surface area contributed by atoms with E-state index in [1.165, 1.54) is 0 Å². The van der Waals surface area contributed by atoms with Gasteiger partial charge in [0.1, 0.15) is 6.10 Å². The van der Waals surface area contributed by atoms with Crippen LogP contribution in [0.4, 0.5) is 13.2 Å². The highest BCUT2D eigenvalue weighted by Gasteiger charge is 2.30.